The van der Waals surface area contributed by atoms with E-state index in [-0.39, 0.29) is 35.0 Å². The van der Waals surface area contributed by atoms with Gasteiger partial charge in [0.15, 0.2) is 23.0 Å². The van der Waals surface area contributed by atoms with Crippen molar-refractivity contribution in [2.24, 2.45) is 0 Å². The number of phenols is 3. The van der Waals surface area contributed by atoms with E-state index in [4.69, 9.17) is 4.74 Å². The SMILES string of the molecule is C=C/C(O)=C\C=C1/CC(=O)C=C(c2cc(O)c(O)c(O)c2)O1. The number of aliphatic hydroxyl groups is 1. The summed E-state index contributed by atoms with van der Waals surface area (Å²) >= 11 is 0. The number of carbonyl (C=O) groups is 1. The Hall–Kier alpha value is -3.15. The minimum atomic E-state index is -0.652. The van der Waals surface area contributed by atoms with Crippen LogP contribution in [0.3, 0.4) is 0 Å². The van der Waals surface area contributed by atoms with Crippen LogP contribution in [0.5, 0.6) is 17.2 Å². The maximum Gasteiger partial charge on any atom is 0.200 e. The Balaban J connectivity index is 2.36. The van der Waals surface area contributed by atoms with Crippen LogP contribution in [0.1, 0.15) is 12.0 Å². The summed E-state index contributed by atoms with van der Waals surface area (Å²) in [4.78, 5) is 11.7. The van der Waals surface area contributed by atoms with Gasteiger partial charge in [-0.05, 0) is 30.4 Å². The van der Waals surface area contributed by atoms with Crippen LogP contribution in [0.25, 0.3) is 5.76 Å². The fraction of sp³-hybridized carbons (Fsp3) is 0.0625. The van der Waals surface area contributed by atoms with Gasteiger partial charge in [0.1, 0.15) is 17.3 Å². The Morgan fingerprint density at radius 1 is 1.23 bits per heavy atom. The molecule has 0 aromatic heterocycles. The van der Waals surface area contributed by atoms with Crippen LogP contribution < -0.4 is 0 Å². The molecule has 0 saturated carbocycles. The molecule has 0 saturated heterocycles. The molecule has 0 fully saturated rings. The molecule has 114 valence electrons. The standard InChI is InChI=1S/C16H14O6/c1-2-10(17)3-4-12-7-11(18)8-15(22-12)9-5-13(19)16(21)14(20)6-9/h2-6,8,17,19-21H,1,7H2/b10-3+,12-4+. The first-order valence-electron chi connectivity index (χ1n) is 6.30. The monoisotopic (exact) mass is 302 g/mol. The zero-order valence-electron chi connectivity index (χ0n) is 11.5. The van der Waals surface area contributed by atoms with Crippen molar-refractivity contribution in [3.05, 3.63) is 60.1 Å². The van der Waals surface area contributed by atoms with E-state index in [0.29, 0.717) is 0 Å². The summed E-state index contributed by atoms with van der Waals surface area (Å²) in [7, 11) is 0. The normalized spacial score (nSPS) is 17.1. The van der Waals surface area contributed by atoms with Gasteiger partial charge in [-0.3, -0.25) is 4.79 Å². The number of phenolic OH excluding ortho intramolecular Hbond substituents is 3. The van der Waals surface area contributed by atoms with Gasteiger partial charge >= 0.3 is 0 Å². The molecule has 0 spiro atoms. The van der Waals surface area contributed by atoms with Crippen molar-refractivity contribution in [3.8, 4) is 17.2 Å². The first-order chi connectivity index (χ1) is 10.4. The van der Waals surface area contributed by atoms with Gasteiger partial charge in [0.25, 0.3) is 0 Å². The van der Waals surface area contributed by atoms with E-state index in [0.717, 1.165) is 12.1 Å². The molecule has 0 bridgehead atoms. The average Bonchev–Trinajstić information content (AvgIpc) is 2.49. The number of hydrogen-bond donors (Lipinski definition) is 4. The van der Waals surface area contributed by atoms with Crippen molar-refractivity contribution in [1.29, 1.82) is 0 Å². The summed E-state index contributed by atoms with van der Waals surface area (Å²) < 4.78 is 5.50. The zero-order valence-corrected chi connectivity index (χ0v) is 11.5. The summed E-state index contributed by atoms with van der Waals surface area (Å²) in [6.07, 6.45) is 5.21. The Bertz CT molecular complexity index is 701. The number of benzene rings is 1. The lowest BCUT2D eigenvalue weighted by molar-refractivity contribution is -0.114. The molecule has 4 N–H and O–H groups in total. The van der Waals surface area contributed by atoms with E-state index in [1.54, 1.807) is 0 Å². The lowest BCUT2D eigenvalue weighted by Gasteiger charge is -2.17. The maximum absolute atomic E-state index is 11.7. The lowest BCUT2D eigenvalue weighted by Crippen LogP contribution is -2.08. The minimum absolute atomic E-state index is 0.0144. The second kappa shape index (κ2) is 6.09. The van der Waals surface area contributed by atoms with E-state index in [9.17, 15) is 25.2 Å². The fourth-order valence-corrected chi connectivity index (χ4v) is 1.80. The van der Waals surface area contributed by atoms with Crippen LogP contribution in [0.4, 0.5) is 0 Å². The maximum atomic E-state index is 11.7. The molecule has 0 atom stereocenters. The van der Waals surface area contributed by atoms with Crippen LogP contribution in [-0.2, 0) is 9.53 Å². The summed E-state index contributed by atoms with van der Waals surface area (Å²) in [6.45, 7) is 3.38. The van der Waals surface area contributed by atoms with E-state index in [1.165, 1.54) is 24.3 Å². The number of ether oxygens (including phenoxy) is 1. The molecule has 1 aromatic carbocycles. The molecule has 1 heterocycles. The first-order valence-corrected chi connectivity index (χ1v) is 6.30. The topological polar surface area (TPSA) is 107 Å². The second-order valence-corrected chi connectivity index (χ2v) is 4.55. The highest BCUT2D eigenvalue weighted by Crippen LogP contribution is 2.38. The molecule has 6 heteroatoms. The third-order valence-electron chi connectivity index (χ3n) is 2.88. The van der Waals surface area contributed by atoms with Crippen LogP contribution in [0.15, 0.2) is 54.5 Å². The largest absolute Gasteiger partial charge is 0.508 e. The Kier molecular flexibility index (Phi) is 4.22. The molecule has 2 rings (SSSR count). The van der Waals surface area contributed by atoms with Crippen molar-refractivity contribution in [2.75, 3.05) is 0 Å². The Morgan fingerprint density at radius 3 is 2.45 bits per heavy atom. The van der Waals surface area contributed by atoms with Gasteiger partial charge < -0.3 is 25.2 Å². The summed E-state index contributed by atoms with van der Waals surface area (Å²) in [5.41, 5.74) is 0.226. The van der Waals surface area contributed by atoms with Crippen LogP contribution >= 0.6 is 0 Å². The number of aromatic hydroxyl groups is 3. The molecule has 6 nitrogen and oxygen atoms in total. The van der Waals surface area contributed by atoms with Crippen molar-refractivity contribution in [3.63, 3.8) is 0 Å². The highest BCUT2D eigenvalue weighted by atomic mass is 16.5. The number of allylic oxidation sites excluding steroid dienone is 5. The molecule has 1 aliphatic heterocycles. The fourth-order valence-electron chi connectivity index (χ4n) is 1.80. The number of aliphatic hydroxyl groups excluding tert-OH is 1. The van der Waals surface area contributed by atoms with Gasteiger partial charge in [0.05, 0.1) is 6.42 Å². The van der Waals surface area contributed by atoms with Gasteiger partial charge in [-0.1, -0.05) is 6.58 Å². The third kappa shape index (κ3) is 3.29. The van der Waals surface area contributed by atoms with Gasteiger partial charge in [0, 0.05) is 11.6 Å². The number of rotatable bonds is 3. The van der Waals surface area contributed by atoms with Crippen LogP contribution in [0, 0.1) is 0 Å². The van der Waals surface area contributed by atoms with E-state index in [2.05, 4.69) is 6.58 Å². The number of hydrogen-bond acceptors (Lipinski definition) is 6. The highest BCUT2D eigenvalue weighted by Gasteiger charge is 2.19. The van der Waals surface area contributed by atoms with Gasteiger partial charge in [0.2, 0.25) is 0 Å². The van der Waals surface area contributed by atoms with Gasteiger partial charge in [-0.15, -0.1) is 0 Å². The number of carbonyl (C=O) groups excluding carboxylic acids is 1. The van der Waals surface area contributed by atoms with E-state index >= 15 is 0 Å². The lowest BCUT2D eigenvalue weighted by atomic mass is 10.1. The first kappa shape index (κ1) is 15.2. The summed E-state index contributed by atoms with van der Waals surface area (Å²) in [5, 5.41) is 37.6. The predicted molar refractivity (Wildman–Crippen MR) is 79.1 cm³/mol. The van der Waals surface area contributed by atoms with Crippen molar-refractivity contribution >= 4 is 11.5 Å². The average molecular weight is 302 g/mol. The molecular formula is C16H14O6. The van der Waals surface area contributed by atoms with E-state index in [1.807, 2.05) is 0 Å². The van der Waals surface area contributed by atoms with Crippen molar-refractivity contribution < 1.29 is 30.0 Å². The molecule has 0 unspecified atom stereocenters. The summed E-state index contributed by atoms with van der Waals surface area (Å²) in [6, 6.07) is 2.32. The Labute approximate surface area is 126 Å². The molecule has 0 amide bonds. The van der Waals surface area contributed by atoms with E-state index < -0.39 is 17.2 Å². The van der Waals surface area contributed by atoms with Crippen LogP contribution in [0.2, 0.25) is 0 Å². The molecular weight excluding hydrogens is 288 g/mol. The van der Waals surface area contributed by atoms with Gasteiger partial charge in [-0.25, -0.2) is 0 Å². The molecule has 0 radical (unpaired) electrons. The molecule has 1 aromatic rings. The second-order valence-electron chi connectivity index (χ2n) is 4.55. The quantitative estimate of drug-likeness (QED) is 0.388. The van der Waals surface area contributed by atoms with Crippen molar-refractivity contribution in [1.82, 2.24) is 0 Å². The number of ketones is 1. The summed E-state index contributed by atoms with van der Waals surface area (Å²) in [5.74, 6) is -1.66. The van der Waals surface area contributed by atoms with Gasteiger partial charge in [-0.2, -0.15) is 0 Å². The van der Waals surface area contributed by atoms with Crippen LogP contribution in [-0.4, -0.2) is 26.2 Å². The molecule has 1 aliphatic rings. The smallest absolute Gasteiger partial charge is 0.200 e. The van der Waals surface area contributed by atoms with Crippen molar-refractivity contribution in [2.45, 2.75) is 6.42 Å². The Morgan fingerprint density at radius 2 is 1.86 bits per heavy atom. The molecule has 0 aliphatic carbocycles. The third-order valence-corrected chi connectivity index (χ3v) is 2.88. The predicted octanol–water partition coefficient (Wildman–Crippen LogP) is 2.65. The minimum Gasteiger partial charge on any atom is -0.508 e. The highest BCUT2D eigenvalue weighted by molar-refractivity contribution is 5.98. The molecule has 22 heavy (non-hydrogen) atoms. The zero-order chi connectivity index (χ0) is 16.3.